The van der Waals surface area contributed by atoms with E-state index in [2.05, 4.69) is 28.5 Å². The van der Waals surface area contributed by atoms with E-state index < -0.39 is 0 Å². The van der Waals surface area contributed by atoms with E-state index in [1.807, 2.05) is 54.6 Å². The molecule has 1 aliphatic heterocycles. The third kappa shape index (κ3) is 3.37. The first-order valence-electron chi connectivity index (χ1n) is 7.00. The first-order valence-corrected chi connectivity index (χ1v) is 9.56. The molecule has 0 aliphatic carbocycles. The number of alkyl halides is 1. The Bertz CT molecular complexity index is 744. The van der Waals surface area contributed by atoms with Crippen LogP contribution in [-0.2, 0) is 4.79 Å². The number of amides is 1. The molecule has 1 fully saturated rings. The van der Waals surface area contributed by atoms with Crippen LogP contribution in [0.15, 0.2) is 54.6 Å². The highest BCUT2D eigenvalue weighted by Gasteiger charge is 2.44. The van der Waals surface area contributed by atoms with Crippen molar-refractivity contribution < 1.29 is 4.79 Å². The molecule has 23 heavy (non-hydrogen) atoms. The highest BCUT2D eigenvalue weighted by molar-refractivity contribution is 14.1. The smallest absolute Gasteiger partial charge is 0.243 e. The number of carbonyl (C=O) groups excluding carboxylic acids is 1. The fraction of sp³-hybridized carbons (Fsp3) is 0.167. The fourth-order valence-corrected chi connectivity index (χ4v) is 4.95. The minimum absolute atomic E-state index is 0.0542. The molecular weight excluding hydrogens is 441 g/mol. The molecule has 2 aromatic carbocycles. The van der Waals surface area contributed by atoms with Gasteiger partial charge >= 0.3 is 0 Å². The van der Waals surface area contributed by atoms with Crippen LogP contribution in [0.1, 0.15) is 21.8 Å². The highest BCUT2D eigenvalue weighted by Crippen LogP contribution is 2.52. The molecule has 2 nitrogen and oxygen atoms in total. The number of hydrogen-bond acceptors (Lipinski definition) is 2. The van der Waals surface area contributed by atoms with E-state index in [-0.39, 0.29) is 20.6 Å². The van der Waals surface area contributed by atoms with E-state index in [0.29, 0.717) is 5.02 Å². The lowest BCUT2D eigenvalue weighted by atomic mass is 10.1. The highest BCUT2D eigenvalue weighted by atomic mass is 127. The zero-order valence-corrected chi connectivity index (χ0v) is 15.8. The molecular formula is C18H13ClINOS. The number of halogens is 2. The van der Waals surface area contributed by atoms with Crippen molar-refractivity contribution in [3.05, 3.63) is 70.7 Å². The van der Waals surface area contributed by atoms with Crippen molar-refractivity contribution in [2.24, 2.45) is 0 Å². The molecule has 0 N–H and O–H groups in total. The number of rotatable bonds is 3. The Morgan fingerprint density at radius 2 is 1.78 bits per heavy atom. The summed E-state index contributed by atoms with van der Waals surface area (Å²) in [5.74, 6) is 2.73. The van der Waals surface area contributed by atoms with Crippen LogP contribution in [0.5, 0.6) is 0 Å². The van der Waals surface area contributed by atoms with Crippen LogP contribution < -0.4 is 0 Å². The van der Waals surface area contributed by atoms with Gasteiger partial charge in [0.2, 0.25) is 5.91 Å². The summed E-state index contributed by atoms with van der Waals surface area (Å²) >= 11 is 9.72. The second-order valence-electron chi connectivity index (χ2n) is 5.08. The second-order valence-corrected chi connectivity index (χ2v) is 7.89. The number of nitrogens with zero attached hydrogens (tertiary/aromatic N) is 1. The predicted octanol–water partition coefficient (Wildman–Crippen LogP) is 5.05. The molecule has 0 radical (unpaired) electrons. The van der Waals surface area contributed by atoms with Gasteiger partial charge in [-0.05, 0) is 45.9 Å². The Kier molecular flexibility index (Phi) is 5.20. The minimum atomic E-state index is -0.290. The third-order valence-electron chi connectivity index (χ3n) is 3.64. The Balaban J connectivity index is 1.99. The molecule has 0 spiro atoms. The van der Waals surface area contributed by atoms with E-state index in [9.17, 15) is 4.79 Å². The molecule has 1 aliphatic rings. The van der Waals surface area contributed by atoms with Crippen LogP contribution in [-0.4, -0.2) is 14.9 Å². The summed E-state index contributed by atoms with van der Waals surface area (Å²) in [6.07, 6.45) is 5.58. The predicted molar refractivity (Wildman–Crippen MR) is 104 cm³/mol. The largest absolute Gasteiger partial charge is 0.302 e. The summed E-state index contributed by atoms with van der Waals surface area (Å²) in [7, 11) is 0. The molecule has 0 aromatic heterocycles. The molecule has 1 amide bonds. The quantitative estimate of drug-likeness (QED) is 0.281. The van der Waals surface area contributed by atoms with Gasteiger partial charge in [-0.3, -0.25) is 4.79 Å². The van der Waals surface area contributed by atoms with Crippen molar-refractivity contribution in [1.82, 2.24) is 4.90 Å². The number of carbonyl (C=O) groups is 1. The topological polar surface area (TPSA) is 20.3 Å². The standard InChI is InChI=1S/C18H13ClINOS/c1-2-15(20)21-17(22)16(12-6-4-3-5-7-12)23-18(21)13-8-10-14(19)11-9-13/h1,3-11,15-16,18H. The lowest BCUT2D eigenvalue weighted by Gasteiger charge is -2.26. The van der Waals surface area contributed by atoms with Crippen LogP contribution in [0.25, 0.3) is 0 Å². The van der Waals surface area contributed by atoms with Crippen LogP contribution in [0.3, 0.4) is 0 Å². The van der Waals surface area contributed by atoms with E-state index >= 15 is 0 Å². The molecule has 116 valence electrons. The van der Waals surface area contributed by atoms with Gasteiger partial charge in [0.15, 0.2) is 0 Å². The van der Waals surface area contributed by atoms with Gasteiger partial charge in [-0.1, -0.05) is 60.0 Å². The maximum atomic E-state index is 12.9. The molecule has 0 bridgehead atoms. The molecule has 0 saturated carbocycles. The van der Waals surface area contributed by atoms with Crippen molar-refractivity contribution in [3.8, 4) is 12.3 Å². The van der Waals surface area contributed by atoms with Crippen LogP contribution in [0.2, 0.25) is 5.02 Å². The molecule has 3 rings (SSSR count). The lowest BCUT2D eigenvalue weighted by molar-refractivity contribution is -0.129. The number of hydrogen-bond donors (Lipinski definition) is 0. The monoisotopic (exact) mass is 453 g/mol. The van der Waals surface area contributed by atoms with Gasteiger partial charge in [0.25, 0.3) is 0 Å². The van der Waals surface area contributed by atoms with Gasteiger partial charge in [-0.2, -0.15) is 0 Å². The minimum Gasteiger partial charge on any atom is -0.302 e. The summed E-state index contributed by atoms with van der Waals surface area (Å²) < 4.78 is -0.290. The van der Waals surface area contributed by atoms with Crippen molar-refractivity contribution in [1.29, 1.82) is 0 Å². The summed E-state index contributed by atoms with van der Waals surface area (Å²) in [6, 6.07) is 17.4. The number of thioether (sulfide) groups is 1. The van der Waals surface area contributed by atoms with E-state index in [4.69, 9.17) is 18.0 Å². The van der Waals surface area contributed by atoms with E-state index in [0.717, 1.165) is 11.1 Å². The second kappa shape index (κ2) is 7.16. The van der Waals surface area contributed by atoms with Crippen molar-refractivity contribution in [3.63, 3.8) is 0 Å². The Morgan fingerprint density at radius 3 is 2.39 bits per heavy atom. The van der Waals surface area contributed by atoms with Crippen molar-refractivity contribution in [2.75, 3.05) is 0 Å². The van der Waals surface area contributed by atoms with Crippen molar-refractivity contribution >= 4 is 51.9 Å². The molecule has 2 aromatic rings. The normalized spacial score (nSPS) is 22.0. The summed E-state index contributed by atoms with van der Waals surface area (Å²) in [6.45, 7) is 0. The maximum absolute atomic E-state index is 12.9. The summed E-state index contributed by atoms with van der Waals surface area (Å²) in [5.41, 5.74) is 2.03. The number of terminal acetylenes is 1. The Hall–Kier alpha value is -1.16. The van der Waals surface area contributed by atoms with Gasteiger partial charge in [0.05, 0.1) is 0 Å². The van der Waals surface area contributed by atoms with Gasteiger partial charge < -0.3 is 4.90 Å². The third-order valence-corrected chi connectivity index (χ3v) is 6.35. The number of benzene rings is 2. The maximum Gasteiger partial charge on any atom is 0.243 e. The van der Waals surface area contributed by atoms with Crippen molar-refractivity contribution in [2.45, 2.75) is 14.7 Å². The fourth-order valence-electron chi connectivity index (χ4n) is 2.53. The Labute approximate surface area is 158 Å². The first kappa shape index (κ1) is 16.7. The molecule has 1 saturated heterocycles. The van der Waals surface area contributed by atoms with Crippen LogP contribution in [0, 0.1) is 12.3 Å². The average molecular weight is 454 g/mol. The van der Waals surface area contributed by atoms with E-state index in [1.54, 1.807) is 16.7 Å². The molecule has 1 heterocycles. The van der Waals surface area contributed by atoms with Gasteiger partial charge in [-0.25, -0.2) is 0 Å². The van der Waals surface area contributed by atoms with Gasteiger partial charge in [0, 0.05) is 5.02 Å². The zero-order valence-electron chi connectivity index (χ0n) is 12.0. The molecule has 3 atom stereocenters. The van der Waals surface area contributed by atoms with Crippen LogP contribution in [0.4, 0.5) is 0 Å². The summed E-state index contributed by atoms with van der Waals surface area (Å²) in [4.78, 5) is 14.7. The zero-order chi connectivity index (χ0) is 16.4. The summed E-state index contributed by atoms with van der Waals surface area (Å²) in [5, 5.41) is 0.336. The van der Waals surface area contributed by atoms with Gasteiger partial charge in [-0.15, -0.1) is 18.2 Å². The average Bonchev–Trinajstić information content (AvgIpc) is 2.93. The molecule has 3 unspecified atom stereocenters. The van der Waals surface area contributed by atoms with Gasteiger partial charge in [0.1, 0.15) is 14.7 Å². The lowest BCUT2D eigenvalue weighted by Crippen LogP contribution is -2.34. The van der Waals surface area contributed by atoms with E-state index in [1.165, 1.54) is 0 Å². The SMILES string of the molecule is C#CC(I)N1C(=O)C(c2ccccc2)SC1c1ccc(Cl)cc1. The molecule has 5 heteroatoms. The van der Waals surface area contributed by atoms with Crippen LogP contribution >= 0.6 is 46.0 Å². The first-order chi connectivity index (χ1) is 11.1. The Morgan fingerprint density at radius 1 is 1.13 bits per heavy atom.